The van der Waals surface area contributed by atoms with E-state index in [0.29, 0.717) is 30.6 Å². The van der Waals surface area contributed by atoms with Gasteiger partial charge in [-0.25, -0.2) is 19.2 Å². The monoisotopic (exact) mass is 509 g/mol. The summed E-state index contributed by atoms with van der Waals surface area (Å²) in [6.45, 7) is 4.40. The Hall–Kier alpha value is -4.02. The van der Waals surface area contributed by atoms with Crippen molar-refractivity contribution in [3.8, 4) is 0 Å². The number of halogens is 1. The smallest absolute Gasteiger partial charge is 0.408 e. The van der Waals surface area contributed by atoms with E-state index in [1.165, 1.54) is 6.07 Å². The van der Waals surface area contributed by atoms with Crippen molar-refractivity contribution in [3.05, 3.63) is 54.0 Å². The van der Waals surface area contributed by atoms with Crippen molar-refractivity contribution in [1.82, 2.24) is 25.6 Å². The van der Waals surface area contributed by atoms with Gasteiger partial charge in [-0.3, -0.25) is 4.79 Å². The maximum atomic E-state index is 13.7. The molecule has 2 heterocycles. The predicted octanol–water partition coefficient (Wildman–Crippen LogP) is 3.68. The summed E-state index contributed by atoms with van der Waals surface area (Å²) in [6.07, 6.45) is 4.05. The second-order valence-electron chi connectivity index (χ2n) is 9.69. The highest BCUT2D eigenvalue weighted by atomic mass is 19.1. The molecule has 1 atom stereocenters. The van der Waals surface area contributed by atoms with Gasteiger partial charge in [0.15, 0.2) is 5.82 Å². The first-order chi connectivity index (χ1) is 17.7. The lowest BCUT2D eigenvalue weighted by atomic mass is 9.94. The van der Waals surface area contributed by atoms with E-state index >= 15 is 0 Å². The van der Waals surface area contributed by atoms with Crippen molar-refractivity contribution in [2.45, 2.75) is 63.6 Å². The molecule has 1 fully saturated rings. The number of fused-ring (bicyclic) bond motifs is 1. The number of nitrogen functional groups attached to an aromatic ring is 1. The molecule has 0 radical (unpaired) electrons. The molecule has 1 aliphatic rings. The van der Waals surface area contributed by atoms with E-state index in [-0.39, 0.29) is 30.5 Å². The van der Waals surface area contributed by atoms with Crippen molar-refractivity contribution in [1.29, 1.82) is 0 Å². The highest BCUT2D eigenvalue weighted by Crippen LogP contribution is 2.36. The number of nitrogens with two attached hydrogens (primary N) is 1. The number of rotatable bonds is 11. The molecular weight excluding hydrogens is 477 g/mol. The number of nitrogens with zero attached hydrogens (tertiary/aromatic N) is 3. The van der Waals surface area contributed by atoms with Gasteiger partial charge in [-0.05, 0) is 31.7 Å². The van der Waals surface area contributed by atoms with Crippen LogP contribution in [0.15, 0.2) is 42.6 Å². The highest BCUT2D eigenvalue weighted by Gasteiger charge is 2.52. The maximum absolute atomic E-state index is 13.7. The first-order valence-electron chi connectivity index (χ1n) is 12.4. The Morgan fingerprint density at radius 3 is 2.68 bits per heavy atom. The van der Waals surface area contributed by atoms with Gasteiger partial charge in [-0.1, -0.05) is 50.1 Å². The third-order valence-electron chi connectivity index (χ3n) is 6.40. The molecule has 37 heavy (non-hydrogen) atoms. The number of carbonyl (C=O) groups excluding carboxylic acids is 2. The quantitative estimate of drug-likeness (QED) is 0.306. The molecule has 0 unspecified atom stereocenters. The van der Waals surface area contributed by atoms with Crippen molar-refractivity contribution >= 4 is 34.8 Å². The van der Waals surface area contributed by atoms with Crippen LogP contribution in [0.1, 0.15) is 51.5 Å². The number of benzene rings is 1. The number of amides is 2. The summed E-state index contributed by atoms with van der Waals surface area (Å²) in [7, 11) is 0. The van der Waals surface area contributed by atoms with Crippen LogP contribution in [0.5, 0.6) is 0 Å². The van der Waals surface area contributed by atoms with Crippen molar-refractivity contribution in [3.63, 3.8) is 0 Å². The largest absolute Gasteiger partial charge is 0.445 e. The fourth-order valence-electron chi connectivity index (χ4n) is 4.08. The second kappa shape index (κ2) is 10.9. The minimum absolute atomic E-state index is 0.0144. The van der Waals surface area contributed by atoms with Gasteiger partial charge < -0.3 is 26.4 Å². The van der Waals surface area contributed by atoms with Gasteiger partial charge in [0.05, 0.1) is 17.3 Å². The molecule has 2 amide bonds. The number of ether oxygens (including phenoxy) is 1. The van der Waals surface area contributed by atoms with E-state index < -0.39 is 23.0 Å². The van der Waals surface area contributed by atoms with E-state index in [9.17, 15) is 14.0 Å². The van der Waals surface area contributed by atoms with E-state index in [2.05, 4.69) is 37.8 Å². The molecule has 2 aromatic heterocycles. The Balaban J connectivity index is 1.41. The Morgan fingerprint density at radius 1 is 1.22 bits per heavy atom. The molecule has 4 rings (SSSR count). The average molecular weight is 510 g/mol. The number of carbonyl (C=O) groups is 2. The summed E-state index contributed by atoms with van der Waals surface area (Å²) in [5.74, 6) is -0.457. The van der Waals surface area contributed by atoms with Gasteiger partial charge in [-0.2, -0.15) is 4.98 Å². The fraction of sp³-hybridized carbons (Fsp3) is 0.423. The van der Waals surface area contributed by atoms with Crippen molar-refractivity contribution in [2.75, 3.05) is 17.6 Å². The minimum Gasteiger partial charge on any atom is -0.445 e. The maximum Gasteiger partial charge on any atom is 0.408 e. The molecule has 0 bridgehead atoms. The number of alkyl carbamates (subject to hydrolysis) is 1. The van der Waals surface area contributed by atoms with Crippen LogP contribution < -0.4 is 21.7 Å². The third-order valence-corrected chi connectivity index (χ3v) is 6.40. The van der Waals surface area contributed by atoms with Gasteiger partial charge in [0.1, 0.15) is 23.5 Å². The fourth-order valence-corrected chi connectivity index (χ4v) is 4.08. The first kappa shape index (κ1) is 26.1. The van der Waals surface area contributed by atoms with Crippen LogP contribution in [-0.4, -0.2) is 44.6 Å². The molecule has 0 spiro atoms. The zero-order chi connectivity index (χ0) is 26.5. The highest BCUT2D eigenvalue weighted by molar-refractivity contribution is 5.93. The van der Waals surface area contributed by atoms with Crippen LogP contribution in [0.25, 0.3) is 11.0 Å². The van der Waals surface area contributed by atoms with Gasteiger partial charge in [0, 0.05) is 12.6 Å². The molecule has 3 aromatic rings. The molecule has 11 heteroatoms. The second-order valence-corrected chi connectivity index (χ2v) is 9.69. The molecule has 196 valence electrons. The number of pyridine rings is 1. The Morgan fingerprint density at radius 2 is 1.97 bits per heavy atom. The molecule has 0 saturated heterocycles. The van der Waals surface area contributed by atoms with Crippen LogP contribution >= 0.6 is 0 Å². The topological polar surface area (TPSA) is 144 Å². The van der Waals surface area contributed by atoms with Crippen LogP contribution in [0.3, 0.4) is 0 Å². The zero-order valence-corrected chi connectivity index (χ0v) is 21.0. The van der Waals surface area contributed by atoms with E-state index in [4.69, 9.17) is 10.5 Å². The van der Waals surface area contributed by atoms with Crippen LogP contribution in [-0.2, 0) is 16.1 Å². The molecule has 5 N–H and O–H groups in total. The lowest BCUT2D eigenvalue weighted by molar-refractivity contribution is -0.124. The summed E-state index contributed by atoms with van der Waals surface area (Å²) >= 11 is 0. The molecule has 1 aliphatic carbocycles. The number of aromatic nitrogens is 3. The molecule has 10 nitrogen and oxygen atoms in total. The summed E-state index contributed by atoms with van der Waals surface area (Å²) in [5.41, 5.74) is 5.77. The molecule has 0 aliphatic heterocycles. The predicted molar refractivity (Wildman–Crippen MR) is 138 cm³/mol. The Kier molecular flexibility index (Phi) is 7.70. The summed E-state index contributed by atoms with van der Waals surface area (Å²) < 4.78 is 19.0. The first-order valence-corrected chi connectivity index (χ1v) is 12.4. The molecule has 1 saturated carbocycles. The van der Waals surface area contributed by atoms with E-state index in [1.807, 2.05) is 37.3 Å². The number of unbranched alkanes of at least 4 members (excludes halogenated alkanes) is 1. The van der Waals surface area contributed by atoms with Gasteiger partial charge in [0.2, 0.25) is 11.9 Å². The zero-order valence-electron chi connectivity index (χ0n) is 21.0. The van der Waals surface area contributed by atoms with Gasteiger partial charge >= 0.3 is 6.09 Å². The van der Waals surface area contributed by atoms with Crippen LogP contribution in [0.2, 0.25) is 0 Å². The van der Waals surface area contributed by atoms with Gasteiger partial charge in [0.25, 0.3) is 0 Å². The van der Waals surface area contributed by atoms with Crippen LogP contribution in [0, 0.1) is 5.82 Å². The van der Waals surface area contributed by atoms with Crippen molar-refractivity contribution in [2.24, 2.45) is 0 Å². The number of anilines is 2. The lowest BCUT2D eigenvalue weighted by Crippen LogP contribution is -2.54. The average Bonchev–Trinajstić information content (AvgIpc) is 3.65. The lowest BCUT2D eigenvalue weighted by Gasteiger charge is -2.33. The molecular formula is C26H32FN7O3. The van der Waals surface area contributed by atoms with E-state index in [0.717, 1.165) is 24.6 Å². The number of hydrogen-bond acceptors (Lipinski definition) is 8. The van der Waals surface area contributed by atoms with Gasteiger partial charge in [-0.15, -0.1) is 0 Å². The summed E-state index contributed by atoms with van der Waals surface area (Å²) in [5, 5.41) is 9.06. The molecule has 1 aromatic carbocycles. The van der Waals surface area contributed by atoms with Crippen LogP contribution in [0.4, 0.5) is 21.0 Å². The standard InChI is InChI=1S/C26H32FN7O3/c1-3-4-10-25(2,33-21-20-19(31-23(28)32-21)13-18(27)14-29-20)16-30-22(35)26(11-12-26)34-24(36)37-15-17-8-6-5-7-9-17/h5-9,13-14H,3-4,10-12,15-16H2,1-2H3,(H,30,35)(H,34,36)(H3,28,31,32,33)/t25-/m1/s1. The third kappa shape index (κ3) is 6.60. The van der Waals surface area contributed by atoms with E-state index in [1.54, 1.807) is 0 Å². The minimum atomic E-state index is -0.982. The van der Waals surface area contributed by atoms with Crippen molar-refractivity contribution < 1.29 is 18.7 Å². The number of nitrogens with one attached hydrogen (secondary N) is 3. The SMILES string of the molecule is CCCC[C@](C)(CNC(=O)C1(NC(=O)OCc2ccccc2)CC1)Nc1nc(N)nc2cc(F)cnc12. The normalized spacial score (nSPS) is 15.4. The number of hydrogen-bond donors (Lipinski definition) is 4. The Labute approximate surface area is 214 Å². The summed E-state index contributed by atoms with van der Waals surface area (Å²) in [4.78, 5) is 37.9. The Bertz CT molecular complexity index is 1260. The summed E-state index contributed by atoms with van der Waals surface area (Å²) in [6, 6.07) is 10.6.